The lowest BCUT2D eigenvalue weighted by molar-refractivity contribution is 0.386. The molecule has 114 valence electrons. The molecule has 21 heavy (non-hydrogen) atoms. The number of halogens is 3. The number of rotatable bonds is 3. The van der Waals surface area contributed by atoms with Crippen molar-refractivity contribution in [3.63, 3.8) is 0 Å². The third-order valence-electron chi connectivity index (χ3n) is 3.27. The Morgan fingerprint density at radius 1 is 1.38 bits per heavy atom. The number of nitrogens with one attached hydrogen (secondary N) is 1. The van der Waals surface area contributed by atoms with Crippen molar-refractivity contribution in [3.05, 3.63) is 29.6 Å². The van der Waals surface area contributed by atoms with Gasteiger partial charge in [0.2, 0.25) is 10.0 Å². The van der Waals surface area contributed by atoms with E-state index >= 15 is 0 Å². The maximum atomic E-state index is 13.5. The molecule has 1 saturated heterocycles. The Balaban J connectivity index is 2.27. The summed E-state index contributed by atoms with van der Waals surface area (Å²) in [5.74, 6) is -4.39. The zero-order valence-corrected chi connectivity index (χ0v) is 11.8. The largest absolute Gasteiger partial charge is 0.306 e. The summed E-state index contributed by atoms with van der Waals surface area (Å²) in [5.41, 5.74) is 0. The molecule has 0 unspecified atom stereocenters. The highest BCUT2D eigenvalue weighted by molar-refractivity contribution is 7.89. The summed E-state index contributed by atoms with van der Waals surface area (Å²) in [7, 11) is -4.42. The normalized spacial score (nSPS) is 22.3. The molecular weight excluding hydrogens is 307 g/mol. The Kier molecular flexibility index (Phi) is 4.11. The first-order valence-electron chi connectivity index (χ1n) is 6.08. The minimum Gasteiger partial charge on any atom is -0.306 e. The first-order valence-corrected chi connectivity index (χ1v) is 7.56. The van der Waals surface area contributed by atoms with Crippen LogP contribution in [0.15, 0.2) is 17.0 Å². The van der Waals surface area contributed by atoms with E-state index in [0.29, 0.717) is 12.5 Å². The standard InChI is InChI=1S/C12H12F3N3O2S/c1-7-2-9(5-18(7)6-16)17-21(19,20)11-4-8(13)3-10(14)12(11)15/h3-4,7,9,17H,2,5H2,1H3/t7-,9+/m0/s1. The van der Waals surface area contributed by atoms with Gasteiger partial charge in [-0.15, -0.1) is 0 Å². The summed E-state index contributed by atoms with van der Waals surface area (Å²) in [4.78, 5) is 0.290. The topological polar surface area (TPSA) is 73.2 Å². The van der Waals surface area contributed by atoms with Crippen LogP contribution in [-0.2, 0) is 10.0 Å². The predicted molar refractivity (Wildman–Crippen MR) is 66.8 cm³/mol. The second kappa shape index (κ2) is 5.54. The summed E-state index contributed by atoms with van der Waals surface area (Å²) in [6.07, 6.45) is 2.24. The Labute approximate surface area is 120 Å². The highest BCUT2D eigenvalue weighted by Crippen LogP contribution is 2.22. The molecule has 5 nitrogen and oxygen atoms in total. The van der Waals surface area contributed by atoms with Crippen molar-refractivity contribution in [2.24, 2.45) is 0 Å². The fourth-order valence-corrected chi connectivity index (χ4v) is 3.60. The van der Waals surface area contributed by atoms with Crippen molar-refractivity contribution in [2.75, 3.05) is 6.54 Å². The van der Waals surface area contributed by atoms with E-state index in [1.165, 1.54) is 4.90 Å². The lowest BCUT2D eigenvalue weighted by Crippen LogP contribution is -2.37. The van der Waals surface area contributed by atoms with Crippen LogP contribution in [0.2, 0.25) is 0 Å². The second-order valence-electron chi connectivity index (χ2n) is 4.86. The van der Waals surface area contributed by atoms with Gasteiger partial charge in [-0.2, -0.15) is 5.26 Å². The van der Waals surface area contributed by atoms with Gasteiger partial charge in [-0.25, -0.2) is 26.3 Å². The van der Waals surface area contributed by atoms with Gasteiger partial charge < -0.3 is 4.90 Å². The number of hydrogen-bond acceptors (Lipinski definition) is 4. The van der Waals surface area contributed by atoms with E-state index in [1.54, 1.807) is 6.92 Å². The Morgan fingerprint density at radius 2 is 2.05 bits per heavy atom. The van der Waals surface area contributed by atoms with E-state index < -0.39 is 38.4 Å². The summed E-state index contributed by atoms with van der Waals surface area (Å²) < 4.78 is 66.0. The summed E-state index contributed by atoms with van der Waals surface area (Å²) in [6.45, 7) is 1.86. The van der Waals surface area contributed by atoms with Crippen molar-refractivity contribution in [2.45, 2.75) is 30.3 Å². The predicted octanol–water partition coefficient (Wildman–Crippen LogP) is 1.33. The maximum Gasteiger partial charge on any atom is 0.244 e. The fourth-order valence-electron chi connectivity index (χ4n) is 2.27. The molecule has 1 heterocycles. The molecule has 1 aromatic rings. The van der Waals surface area contributed by atoms with E-state index in [1.807, 2.05) is 6.19 Å². The average Bonchev–Trinajstić information content (AvgIpc) is 2.72. The molecule has 0 aromatic heterocycles. The van der Waals surface area contributed by atoms with Crippen molar-refractivity contribution in [3.8, 4) is 6.19 Å². The third kappa shape index (κ3) is 3.11. The molecule has 0 amide bonds. The summed E-state index contributed by atoms with van der Waals surface area (Å²) in [6, 6.07) is -0.114. The van der Waals surface area contributed by atoms with Gasteiger partial charge in [0.1, 0.15) is 10.7 Å². The summed E-state index contributed by atoms with van der Waals surface area (Å²) in [5, 5.41) is 8.83. The van der Waals surface area contributed by atoms with Crippen molar-refractivity contribution < 1.29 is 21.6 Å². The van der Waals surface area contributed by atoms with Crippen LogP contribution in [0.3, 0.4) is 0 Å². The molecule has 1 aliphatic rings. The van der Waals surface area contributed by atoms with Gasteiger partial charge in [0.25, 0.3) is 0 Å². The van der Waals surface area contributed by atoms with Crippen LogP contribution in [0.4, 0.5) is 13.2 Å². The molecule has 1 N–H and O–H groups in total. The second-order valence-corrected chi connectivity index (χ2v) is 6.54. The van der Waals surface area contributed by atoms with Crippen molar-refractivity contribution in [1.29, 1.82) is 5.26 Å². The molecule has 1 fully saturated rings. The number of likely N-dealkylation sites (tertiary alicyclic amines) is 1. The molecule has 1 aromatic carbocycles. The van der Waals surface area contributed by atoms with E-state index in [4.69, 9.17) is 5.26 Å². The SMILES string of the molecule is C[C@H]1C[C@@H](NS(=O)(=O)c2cc(F)cc(F)c2F)CN1C#N. The molecular formula is C12H12F3N3O2S. The van der Waals surface area contributed by atoms with Crippen LogP contribution in [0.1, 0.15) is 13.3 Å². The molecule has 2 atom stereocenters. The first-order chi connectivity index (χ1) is 9.74. The molecule has 9 heteroatoms. The fraction of sp³-hybridized carbons (Fsp3) is 0.417. The quantitative estimate of drug-likeness (QED) is 0.674. The molecule has 0 spiro atoms. The number of nitrogens with zero attached hydrogens (tertiary/aromatic N) is 2. The Morgan fingerprint density at radius 3 is 2.62 bits per heavy atom. The van der Waals surface area contributed by atoms with E-state index in [9.17, 15) is 21.6 Å². The van der Waals surface area contributed by atoms with Crippen LogP contribution < -0.4 is 4.72 Å². The number of benzene rings is 1. The third-order valence-corrected chi connectivity index (χ3v) is 4.79. The van der Waals surface area contributed by atoms with E-state index in [2.05, 4.69) is 4.72 Å². The Hall–Kier alpha value is -1.79. The molecule has 0 radical (unpaired) electrons. The monoisotopic (exact) mass is 319 g/mol. The zero-order valence-electron chi connectivity index (χ0n) is 11.0. The zero-order chi connectivity index (χ0) is 15.8. The molecule has 0 saturated carbocycles. The highest BCUT2D eigenvalue weighted by Gasteiger charge is 2.33. The average molecular weight is 319 g/mol. The van der Waals surface area contributed by atoms with Crippen LogP contribution in [0.5, 0.6) is 0 Å². The number of nitriles is 1. The van der Waals surface area contributed by atoms with Gasteiger partial charge in [-0.05, 0) is 19.4 Å². The van der Waals surface area contributed by atoms with Crippen LogP contribution in [-0.4, -0.2) is 31.9 Å². The summed E-state index contributed by atoms with van der Waals surface area (Å²) >= 11 is 0. The number of hydrogen-bond donors (Lipinski definition) is 1. The molecule has 2 rings (SSSR count). The Bertz CT molecular complexity index is 702. The molecule has 1 aliphatic heterocycles. The first kappa shape index (κ1) is 15.6. The van der Waals surface area contributed by atoms with E-state index in [0.717, 1.165) is 0 Å². The van der Waals surface area contributed by atoms with Gasteiger partial charge in [-0.3, -0.25) is 0 Å². The minimum absolute atomic E-state index is 0.121. The van der Waals surface area contributed by atoms with Crippen LogP contribution in [0, 0.1) is 28.9 Å². The highest BCUT2D eigenvalue weighted by atomic mass is 32.2. The van der Waals surface area contributed by atoms with Gasteiger partial charge in [-0.1, -0.05) is 0 Å². The van der Waals surface area contributed by atoms with Gasteiger partial charge in [0.15, 0.2) is 17.8 Å². The van der Waals surface area contributed by atoms with Crippen LogP contribution >= 0.6 is 0 Å². The number of sulfonamides is 1. The smallest absolute Gasteiger partial charge is 0.244 e. The van der Waals surface area contributed by atoms with E-state index in [-0.39, 0.29) is 18.7 Å². The van der Waals surface area contributed by atoms with Crippen LogP contribution in [0.25, 0.3) is 0 Å². The van der Waals surface area contributed by atoms with Crippen molar-refractivity contribution >= 4 is 10.0 Å². The molecule has 0 aliphatic carbocycles. The lowest BCUT2D eigenvalue weighted by atomic mass is 10.2. The lowest BCUT2D eigenvalue weighted by Gasteiger charge is -2.13. The van der Waals surface area contributed by atoms with Crippen molar-refractivity contribution in [1.82, 2.24) is 9.62 Å². The molecule has 0 bridgehead atoms. The minimum atomic E-state index is -4.42. The van der Waals surface area contributed by atoms with Gasteiger partial charge in [0, 0.05) is 24.7 Å². The van der Waals surface area contributed by atoms with Gasteiger partial charge >= 0.3 is 0 Å². The maximum absolute atomic E-state index is 13.5. The van der Waals surface area contributed by atoms with Gasteiger partial charge in [0.05, 0.1) is 0 Å².